The smallest absolute Gasteiger partial charge is 0.242 e. The average molecular weight is 346 g/mol. The Morgan fingerprint density at radius 2 is 2.00 bits per heavy atom. The summed E-state index contributed by atoms with van der Waals surface area (Å²) in [6, 6.07) is 5.88. The second-order valence-corrected chi connectivity index (χ2v) is 9.79. The molecule has 1 fully saturated rings. The SMILES string of the molecule is CN(C)S(=O)(=O)c1cccc(NC(=O)[C@@H]2CCS(=O)(=O)C2)c1. The quantitative estimate of drug-likeness (QED) is 0.846. The molecule has 9 heteroatoms. The van der Waals surface area contributed by atoms with Gasteiger partial charge in [0.15, 0.2) is 9.84 Å². The zero-order valence-corrected chi connectivity index (χ0v) is 13.9. The molecule has 1 atom stereocenters. The largest absolute Gasteiger partial charge is 0.326 e. The highest BCUT2D eigenvalue weighted by atomic mass is 32.2. The standard InChI is InChI=1S/C13H18N2O5S2/c1-15(2)22(19,20)12-5-3-4-11(8-12)14-13(16)10-6-7-21(17,18)9-10/h3-5,8,10H,6-7,9H2,1-2H3,(H,14,16)/t10-/m1/s1. The molecule has 1 aliphatic heterocycles. The van der Waals surface area contributed by atoms with Crippen molar-refractivity contribution < 1.29 is 21.6 Å². The lowest BCUT2D eigenvalue weighted by molar-refractivity contribution is -0.119. The topological polar surface area (TPSA) is 101 Å². The van der Waals surface area contributed by atoms with Crippen molar-refractivity contribution in [3.63, 3.8) is 0 Å². The van der Waals surface area contributed by atoms with Gasteiger partial charge >= 0.3 is 0 Å². The summed E-state index contributed by atoms with van der Waals surface area (Å²) in [6.45, 7) is 0. The van der Waals surface area contributed by atoms with E-state index in [1.165, 1.54) is 32.3 Å². The zero-order chi connectivity index (χ0) is 16.5. The van der Waals surface area contributed by atoms with Crippen molar-refractivity contribution in [1.29, 1.82) is 0 Å². The average Bonchev–Trinajstić information content (AvgIpc) is 2.79. The van der Waals surface area contributed by atoms with Gasteiger partial charge in [-0.15, -0.1) is 0 Å². The summed E-state index contributed by atoms with van der Waals surface area (Å²) in [5.74, 6) is -1.13. The molecule has 1 amide bonds. The van der Waals surface area contributed by atoms with E-state index in [1.807, 2.05) is 0 Å². The van der Waals surface area contributed by atoms with Gasteiger partial charge in [-0.3, -0.25) is 4.79 Å². The first-order valence-corrected chi connectivity index (χ1v) is 9.92. The number of sulfonamides is 1. The summed E-state index contributed by atoms with van der Waals surface area (Å²) >= 11 is 0. The molecule has 0 aromatic heterocycles. The molecule has 1 aromatic rings. The van der Waals surface area contributed by atoms with Gasteiger partial charge in [-0.25, -0.2) is 21.1 Å². The lowest BCUT2D eigenvalue weighted by Crippen LogP contribution is -2.24. The molecule has 0 saturated carbocycles. The summed E-state index contributed by atoms with van der Waals surface area (Å²) in [5, 5.41) is 2.59. The van der Waals surface area contributed by atoms with E-state index in [1.54, 1.807) is 6.07 Å². The van der Waals surface area contributed by atoms with E-state index >= 15 is 0 Å². The van der Waals surface area contributed by atoms with Crippen LogP contribution in [0.15, 0.2) is 29.2 Å². The number of benzene rings is 1. The van der Waals surface area contributed by atoms with Gasteiger partial charge in [-0.1, -0.05) is 6.07 Å². The number of amides is 1. The fourth-order valence-electron chi connectivity index (χ4n) is 2.19. The van der Waals surface area contributed by atoms with Gasteiger partial charge in [0.2, 0.25) is 15.9 Å². The van der Waals surface area contributed by atoms with E-state index in [9.17, 15) is 21.6 Å². The molecule has 1 heterocycles. The van der Waals surface area contributed by atoms with Crippen molar-refractivity contribution in [1.82, 2.24) is 4.31 Å². The molecule has 1 saturated heterocycles. The van der Waals surface area contributed by atoms with Crippen molar-refractivity contribution in [3.05, 3.63) is 24.3 Å². The Bertz CT molecular complexity index is 784. The summed E-state index contributed by atoms with van der Waals surface area (Å²) < 4.78 is 48.0. The van der Waals surface area contributed by atoms with E-state index in [-0.39, 0.29) is 16.4 Å². The van der Waals surface area contributed by atoms with Crippen LogP contribution in [-0.2, 0) is 24.7 Å². The van der Waals surface area contributed by atoms with Gasteiger partial charge in [0, 0.05) is 19.8 Å². The Hall–Kier alpha value is -1.45. The lowest BCUT2D eigenvalue weighted by Gasteiger charge is -2.13. The van der Waals surface area contributed by atoms with Crippen molar-refractivity contribution in [3.8, 4) is 0 Å². The second-order valence-electron chi connectivity index (χ2n) is 5.40. The van der Waals surface area contributed by atoms with Gasteiger partial charge in [0.05, 0.1) is 22.3 Å². The maximum Gasteiger partial charge on any atom is 0.242 e. The Kier molecular flexibility index (Phi) is 4.59. The molecule has 0 bridgehead atoms. The molecule has 122 valence electrons. The van der Waals surface area contributed by atoms with Crippen LogP contribution in [0.25, 0.3) is 0 Å². The number of sulfone groups is 1. The van der Waals surface area contributed by atoms with Crippen molar-refractivity contribution in [2.75, 3.05) is 30.9 Å². The molecule has 1 aliphatic rings. The van der Waals surface area contributed by atoms with Crippen LogP contribution in [0.3, 0.4) is 0 Å². The summed E-state index contributed by atoms with van der Waals surface area (Å²) in [7, 11) is -3.88. The molecular formula is C13H18N2O5S2. The van der Waals surface area contributed by atoms with Crippen LogP contribution in [0.5, 0.6) is 0 Å². The third-order valence-electron chi connectivity index (χ3n) is 3.48. The maximum absolute atomic E-state index is 12.1. The Morgan fingerprint density at radius 3 is 2.55 bits per heavy atom. The summed E-state index contributed by atoms with van der Waals surface area (Å²) in [6.07, 6.45) is 0.295. The predicted octanol–water partition coefficient (Wildman–Crippen LogP) is 0.310. The molecule has 1 aromatic carbocycles. The minimum Gasteiger partial charge on any atom is -0.326 e. The first-order valence-electron chi connectivity index (χ1n) is 6.66. The van der Waals surface area contributed by atoms with E-state index in [0.717, 1.165) is 4.31 Å². The van der Waals surface area contributed by atoms with E-state index in [2.05, 4.69) is 5.32 Å². The molecule has 1 N–H and O–H groups in total. The van der Waals surface area contributed by atoms with Gasteiger partial charge < -0.3 is 5.32 Å². The van der Waals surface area contributed by atoms with Crippen molar-refractivity contribution >= 4 is 31.5 Å². The first-order chi connectivity index (χ1) is 10.1. The molecular weight excluding hydrogens is 328 g/mol. The van der Waals surface area contributed by atoms with Crippen LogP contribution in [0, 0.1) is 5.92 Å². The van der Waals surface area contributed by atoms with E-state index in [4.69, 9.17) is 0 Å². The van der Waals surface area contributed by atoms with Crippen LogP contribution in [-0.4, -0.2) is 52.6 Å². The van der Waals surface area contributed by atoms with Crippen LogP contribution in [0.2, 0.25) is 0 Å². The second kappa shape index (κ2) is 5.98. The number of carbonyl (C=O) groups excluding carboxylic acids is 1. The minimum atomic E-state index is -3.59. The van der Waals surface area contributed by atoms with E-state index in [0.29, 0.717) is 12.1 Å². The number of nitrogens with one attached hydrogen (secondary N) is 1. The summed E-state index contributed by atoms with van der Waals surface area (Å²) in [4.78, 5) is 12.1. The molecule has 0 aliphatic carbocycles. The monoisotopic (exact) mass is 346 g/mol. The van der Waals surface area contributed by atoms with Crippen LogP contribution >= 0.6 is 0 Å². The van der Waals surface area contributed by atoms with Gasteiger partial charge in [-0.2, -0.15) is 0 Å². The molecule has 0 spiro atoms. The maximum atomic E-state index is 12.1. The first kappa shape index (κ1) is 16.9. The predicted molar refractivity (Wildman–Crippen MR) is 82.7 cm³/mol. The third kappa shape index (κ3) is 3.65. The third-order valence-corrected chi connectivity index (χ3v) is 7.06. The van der Waals surface area contributed by atoms with Gasteiger partial charge in [0.25, 0.3) is 0 Å². The highest BCUT2D eigenvalue weighted by Crippen LogP contribution is 2.22. The molecule has 0 radical (unpaired) electrons. The van der Waals surface area contributed by atoms with Gasteiger partial charge in [0.1, 0.15) is 0 Å². The molecule has 22 heavy (non-hydrogen) atoms. The van der Waals surface area contributed by atoms with Gasteiger partial charge in [-0.05, 0) is 24.6 Å². The number of anilines is 1. The van der Waals surface area contributed by atoms with Crippen LogP contribution in [0.4, 0.5) is 5.69 Å². The Labute approximate surface area is 130 Å². The lowest BCUT2D eigenvalue weighted by atomic mass is 10.1. The number of carbonyl (C=O) groups is 1. The molecule has 0 unspecified atom stereocenters. The highest BCUT2D eigenvalue weighted by Gasteiger charge is 2.33. The van der Waals surface area contributed by atoms with Crippen molar-refractivity contribution in [2.24, 2.45) is 5.92 Å². The van der Waals surface area contributed by atoms with Crippen LogP contribution < -0.4 is 5.32 Å². The zero-order valence-electron chi connectivity index (χ0n) is 12.3. The molecule has 2 rings (SSSR count). The fourth-order valence-corrected chi connectivity index (χ4v) is 4.88. The van der Waals surface area contributed by atoms with Crippen LogP contribution in [0.1, 0.15) is 6.42 Å². The number of nitrogens with zero attached hydrogens (tertiary/aromatic N) is 1. The number of hydrogen-bond donors (Lipinski definition) is 1. The highest BCUT2D eigenvalue weighted by molar-refractivity contribution is 7.91. The Morgan fingerprint density at radius 1 is 1.32 bits per heavy atom. The minimum absolute atomic E-state index is 0.0140. The number of rotatable bonds is 4. The van der Waals surface area contributed by atoms with E-state index < -0.39 is 31.7 Å². The molecule has 7 nitrogen and oxygen atoms in total. The fraction of sp³-hybridized carbons (Fsp3) is 0.462. The summed E-state index contributed by atoms with van der Waals surface area (Å²) in [5.41, 5.74) is 0.331. The van der Waals surface area contributed by atoms with Crippen molar-refractivity contribution in [2.45, 2.75) is 11.3 Å². The number of hydrogen-bond acceptors (Lipinski definition) is 5. The Balaban J connectivity index is 2.16. The normalized spacial score (nSPS) is 21.0.